The van der Waals surface area contributed by atoms with Crippen LogP contribution in [0.2, 0.25) is 0 Å². The van der Waals surface area contributed by atoms with E-state index in [1.165, 1.54) is 12.8 Å². The minimum absolute atomic E-state index is 0.587. The van der Waals surface area contributed by atoms with Crippen molar-refractivity contribution in [3.8, 4) is 0 Å². The van der Waals surface area contributed by atoms with Crippen molar-refractivity contribution in [2.45, 2.75) is 17.7 Å². The van der Waals surface area contributed by atoms with Crippen molar-refractivity contribution in [1.29, 1.82) is 0 Å². The molecule has 2 heterocycles. The molecular weight excluding hydrogens is 388 g/mol. The van der Waals surface area contributed by atoms with E-state index in [4.69, 9.17) is 0 Å². The van der Waals surface area contributed by atoms with Gasteiger partial charge in [0.15, 0.2) is 0 Å². The number of hydrogen-bond donors (Lipinski definition) is 0. The highest BCUT2D eigenvalue weighted by atomic mass is 79.9. The fourth-order valence-corrected chi connectivity index (χ4v) is 3.67. The molecule has 1 aromatic rings. The van der Waals surface area contributed by atoms with Crippen molar-refractivity contribution in [3.63, 3.8) is 0 Å². The molecule has 0 radical (unpaired) electrons. The van der Waals surface area contributed by atoms with Crippen LogP contribution in [-0.4, -0.2) is 22.9 Å². The lowest BCUT2D eigenvalue weighted by atomic mass is 10.1. The number of halogens is 3. The largest absolute Gasteiger partial charge is 0.355 e. The van der Waals surface area contributed by atoms with Crippen LogP contribution in [0, 0.1) is 0 Å². The molecule has 15 heavy (non-hydrogen) atoms. The number of aromatic nitrogens is 1. The summed E-state index contributed by atoms with van der Waals surface area (Å²) in [5.41, 5.74) is 0. The van der Waals surface area contributed by atoms with Gasteiger partial charge in [0.05, 0.1) is 4.47 Å². The normalized spacial score (nSPS) is 21.8. The highest BCUT2D eigenvalue weighted by Gasteiger charge is 2.20. The molecule has 1 aromatic heterocycles. The van der Waals surface area contributed by atoms with Crippen molar-refractivity contribution in [2.75, 3.05) is 18.0 Å². The zero-order valence-electron chi connectivity index (χ0n) is 8.09. The van der Waals surface area contributed by atoms with E-state index in [9.17, 15) is 0 Å². The molecule has 2 nitrogen and oxygen atoms in total. The van der Waals surface area contributed by atoms with E-state index in [1.807, 2.05) is 12.3 Å². The van der Waals surface area contributed by atoms with Crippen LogP contribution in [0.5, 0.6) is 0 Å². The van der Waals surface area contributed by atoms with Crippen molar-refractivity contribution in [2.24, 2.45) is 0 Å². The molecule has 1 aliphatic rings. The lowest BCUT2D eigenvalue weighted by Gasteiger charge is -2.31. The predicted molar refractivity (Wildman–Crippen MR) is 73.8 cm³/mol. The zero-order chi connectivity index (χ0) is 10.8. The summed E-state index contributed by atoms with van der Waals surface area (Å²) >= 11 is 10.6. The SMILES string of the molecule is Brc1cnc(N2CCCC(Br)C2)c(Br)c1. The minimum atomic E-state index is 0.587. The van der Waals surface area contributed by atoms with E-state index in [-0.39, 0.29) is 0 Å². The summed E-state index contributed by atoms with van der Waals surface area (Å²) in [6.45, 7) is 2.13. The first-order valence-corrected chi connectivity index (χ1v) is 7.37. The molecule has 2 rings (SSSR count). The number of rotatable bonds is 1. The van der Waals surface area contributed by atoms with Crippen LogP contribution in [-0.2, 0) is 0 Å². The lowest BCUT2D eigenvalue weighted by molar-refractivity contribution is 0.590. The second-order valence-corrected chi connectivity index (χ2v) is 6.71. The summed E-state index contributed by atoms with van der Waals surface area (Å²) in [4.78, 5) is 7.35. The fourth-order valence-electron chi connectivity index (χ4n) is 1.76. The molecule has 0 spiro atoms. The Morgan fingerprint density at radius 3 is 2.87 bits per heavy atom. The van der Waals surface area contributed by atoms with Crippen molar-refractivity contribution < 1.29 is 0 Å². The quantitative estimate of drug-likeness (QED) is 0.665. The van der Waals surface area contributed by atoms with Gasteiger partial charge in [-0.1, -0.05) is 15.9 Å². The van der Waals surface area contributed by atoms with E-state index >= 15 is 0 Å². The first-order valence-electron chi connectivity index (χ1n) is 4.87. The lowest BCUT2D eigenvalue weighted by Crippen LogP contribution is -2.36. The van der Waals surface area contributed by atoms with E-state index in [1.54, 1.807) is 0 Å². The molecule has 0 aromatic carbocycles. The Morgan fingerprint density at radius 1 is 1.40 bits per heavy atom. The topological polar surface area (TPSA) is 16.1 Å². The van der Waals surface area contributed by atoms with Crippen molar-refractivity contribution >= 4 is 53.6 Å². The second-order valence-electron chi connectivity index (χ2n) is 3.64. The Hall–Kier alpha value is 0.390. The Labute approximate surface area is 115 Å². The van der Waals surface area contributed by atoms with Crippen molar-refractivity contribution in [1.82, 2.24) is 4.98 Å². The van der Waals surface area contributed by atoms with Gasteiger partial charge in [-0.25, -0.2) is 4.98 Å². The molecule has 1 atom stereocenters. The third-order valence-corrected chi connectivity index (χ3v) is 4.22. The third-order valence-electron chi connectivity index (χ3n) is 2.45. The number of nitrogens with zero attached hydrogens (tertiary/aromatic N) is 2. The van der Waals surface area contributed by atoms with Crippen LogP contribution >= 0.6 is 47.8 Å². The summed E-state index contributed by atoms with van der Waals surface area (Å²) in [6, 6.07) is 2.04. The van der Waals surface area contributed by atoms with Gasteiger partial charge in [0.25, 0.3) is 0 Å². The van der Waals surface area contributed by atoms with Gasteiger partial charge in [0.1, 0.15) is 5.82 Å². The molecular formula is C10H11Br3N2. The van der Waals surface area contributed by atoms with Gasteiger partial charge in [0.2, 0.25) is 0 Å². The summed E-state index contributed by atoms with van der Waals surface area (Å²) in [5.74, 6) is 1.04. The molecule has 1 aliphatic heterocycles. The van der Waals surface area contributed by atoms with Crippen LogP contribution in [0.1, 0.15) is 12.8 Å². The molecule has 0 amide bonds. The second kappa shape index (κ2) is 5.15. The number of anilines is 1. The van der Waals surface area contributed by atoms with E-state index in [2.05, 4.69) is 57.7 Å². The van der Waals surface area contributed by atoms with Gasteiger partial charge in [0, 0.05) is 28.6 Å². The minimum Gasteiger partial charge on any atom is -0.355 e. The Balaban J connectivity index is 2.21. The highest BCUT2D eigenvalue weighted by molar-refractivity contribution is 9.11. The molecule has 0 bridgehead atoms. The van der Waals surface area contributed by atoms with Gasteiger partial charge >= 0.3 is 0 Å². The van der Waals surface area contributed by atoms with Gasteiger partial charge in [-0.05, 0) is 50.8 Å². The molecule has 5 heteroatoms. The van der Waals surface area contributed by atoms with Crippen LogP contribution in [0.4, 0.5) is 5.82 Å². The first-order chi connectivity index (χ1) is 7.16. The van der Waals surface area contributed by atoms with Crippen LogP contribution in [0.15, 0.2) is 21.2 Å². The number of hydrogen-bond acceptors (Lipinski definition) is 2. The van der Waals surface area contributed by atoms with Gasteiger partial charge in [-0.2, -0.15) is 0 Å². The highest BCUT2D eigenvalue weighted by Crippen LogP contribution is 2.29. The smallest absolute Gasteiger partial charge is 0.142 e. The summed E-state index contributed by atoms with van der Waals surface area (Å²) < 4.78 is 2.06. The molecule has 82 valence electrons. The maximum Gasteiger partial charge on any atom is 0.142 e. The van der Waals surface area contributed by atoms with Gasteiger partial charge in [-0.15, -0.1) is 0 Å². The Kier molecular flexibility index (Phi) is 4.07. The standard InChI is InChI=1S/C10H11Br3N2/c11-7-2-1-3-15(6-7)10-9(13)4-8(12)5-14-10/h4-5,7H,1-3,6H2. The Morgan fingerprint density at radius 2 is 2.20 bits per heavy atom. The molecule has 0 aliphatic carbocycles. The maximum atomic E-state index is 4.45. The monoisotopic (exact) mass is 396 g/mol. The average molecular weight is 399 g/mol. The molecule has 0 saturated carbocycles. The van der Waals surface area contributed by atoms with Gasteiger partial charge < -0.3 is 4.90 Å². The fraction of sp³-hybridized carbons (Fsp3) is 0.500. The summed E-state index contributed by atoms with van der Waals surface area (Å²) in [6.07, 6.45) is 4.32. The molecule has 1 fully saturated rings. The molecule has 1 saturated heterocycles. The predicted octanol–water partition coefficient (Wildman–Crippen LogP) is 3.97. The van der Waals surface area contributed by atoms with Crippen LogP contribution in [0.3, 0.4) is 0 Å². The van der Waals surface area contributed by atoms with Crippen LogP contribution < -0.4 is 4.90 Å². The Bertz CT molecular complexity index is 357. The average Bonchev–Trinajstić information content (AvgIpc) is 2.17. The number of pyridine rings is 1. The summed E-state index contributed by atoms with van der Waals surface area (Å²) in [7, 11) is 0. The maximum absolute atomic E-state index is 4.45. The van der Waals surface area contributed by atoms with E-state index in [0.717, 1.165) is 27.9 Å². The molecule has 1 unspecified atom stereocenters. The van der Waals surface area contributed by atoms with Crippen molar-refractivity contribution in [3.05, 3.63) is 21.2 Å². The zero-order valence-corrected chi connectivity index (χ0v) is 12.8. The third kappa shape index (κ3) is 2.94. The van der Waals surface area contributed by atoms with Crippen LogP contribution in [0.25, 0.3) is 0 Å². The van der Waals surface area contributed by atoms with E-state index in [0.29, 0.717) is 4.83 Å². The first kappa shape index (κ1) is 11.9. The number of piperidine rings is 1. The number of alkyl halides is 1. The summed E-state index contributed by atoms with van der Waals surface area (Å²) in [5, 5.41) is 0. The van der Waals surface area contributed by atoms with Gasteiger partial charge in [-0.3, -0.25) is 0 Å². The van der Waals surface area contributed by atoms with E-state index < -0.39 is 0 Å². The molecule has 0 N–H and O–H groups in total.